The Hall–Kier alpha value is -0.350. The van der Waals surface area contributed by atoms with Gasteiger partial charge in [-0.2, -0.15) is 0 Å². The van der Waals surface area contributed by atoms with Gasteiger partial charge in [-0.3, -0.25) is 0 Å². The lowest BCUT2D eigenvalue weighted by Gasteiger charge is -2.07. The Labute approximate surface area is 93.5 Å². The molecule has 0 radical (unpaired) electrons. The number of halogens is 2. The van der Waals surface area contributed by atoms with Crippen molar-refractivity contribution in [1.29, 1.82) is 0 Å². The van der Waals surface area contributed by atoms with Crippen molar-refractivity contribution >= 4 is 37.8 Å². The molecule has 70 valence electrons. The highest BCUT2D eigenvalue weighted by atomic mass is 79.9. The van der Waals surface area contributed by atoms with Crippen LogP contribution in [0.1, 0.15) is 15.9 Å². The summed E-state index contributed by atoms with van der Waals surface area (Å²) in [5.74, 6) is -0.328. The van der Waals surface area contributed by atoms with Gasteiger partial charge in [0, 0.05) is 8.95 Å². The molecule has 1 rings (SSSR count). The summed E-state index contributed by atoms with van der Waals surface area (Å²) in [6.45, 7) is 1.86. The third-order valence-electron chi connectivity index (χ3n) is 1.69. The van der Waals surface area contributed by atoms with Gasteiger partial charge in [0.2, 0.25) is 0 Å². The first-order valence-electron chi connectivity index (χ1n) is 3.61. The molecule has 2 nitrogen and oxygen atoms in total. The summed E-state index contributed by atoms with van der Waals surface area (Å²) < 4.78 is 6.24. The van der Waals surface area contributed by atoms with Crippen LogP contribution in [0.25, 0.3) is 0 Å². The molecule has 0 amide bonds. The Morgan fingerprint density at radius 3 is 2.54 bits per heavy atom. The Morgan fingerprint density at radius 1 is 1.38 bits per heavy atom. The number of benzene rings is 1. The maximum Gasteiger partial charge on any atom is 0.339 e. The maximum atomic E-state index is 11.3. The number of aryl methyl sites for hydroxylation is 1. The molecule has 0 bridgehead atoms. The van der Waals surface area contributed by atoms with E-state index in [1.54, 1.807) is 0 Å². The number of carbonyl (C=O) groups excluding carboxylic acids is 1. The quantitative estimate of drug-likeness (QED) is 0.744. The molecule has 0 saturated carbocycles. The van der Waals surface area contributed by atoms with Crippen LogP contribution in [0.2, 0.25) is 0 Å². The molecule has 0 aliphatic carbocycles. The second-order valence-electron chi connectivity index (χ2n) is 2.54. The highest BCUT2D eigenvalue weighted by Gasteiger charge is 2.15. The van der Waals surface area contributed by atoms with Gasteiger partial charge in [0.25, 0.3) is 0 Å². The molecule has 0 heterocycles. The van der Waals surface area contributed by atoms with Crippen LogP contribution in [-0.2, 0) is 4.74 Å². The summed E-state index contributed by atoms with van der Waals surface area (Å²) in [6.07, 6.45) is 0. The van der Waals surface area contributed by atoms with Crippen LogP contribution in [-0.4, -0.2) is 13.1 Å². The van der Waals surface area contributed by atoms with Gasteiger partial charge in [0.05, 0.1) is 12.7 Å². The van der Waals surface area contributed by atoms with Gasteiger partial charge in [-0.1, -0.05) is 6.07 Å². The van der Waals surface area contributed by atoms with Crippen molar-refractivity contribution in [3.05, 3.63) is 32.2 Å². The number of esters is 1. The summed E-state index contributed by atoms with van der Waals surface area (Å²) in [5.41, 5.74) is 1.46. The van der Waals surface area contributed by atoms with E-state index in [0.29, 0.717) is 5.56 Å². The van der Waals surface area contributed by atoms with Crippen LogP contribution in [0, 0.1) is 6.92 Å². The normalized spacial score (nSPS) is 9.85. The molecule has 0 saturated heterocycles. The minimum absolute atomic E-state index is 0.328. The summed E-state index contributed by atoms with van der Waals surface area (Å²) in [4.78, 5) is 11.3. The molecule has 13 heavy (non-hydrogen) atoms. The second-order valence-corrected chi connectivity index (χ2v) is 4.19. The van der Waals surface area contributed by atoms with Crippen LogP contribution in [0.3, 0.4) is 0 Å². The molecule has 0 aliphatic rings. The van der Waals surface area contributed by atoms with E-state index in [0.717, 1.165) is 14.5 Å². The van der Waals surface area contributed by atoms with Gasteiger partial charge in [-0.15, -0.1) is 0 Å². The SMILES string of the molecule is COC(=O)c1c(C)ccc(Br)c1Br. The van der Waals surface area contributed by atoms with E-state index in [2.05, 4.69) is 36.6 Å². The fraction of sp³-hybridized carbons (Fsp3) is 0.222. The first kappa shape index (κ1) is 10.7. The lowest BCUT2D eigenvalue weighted by molar-refractivity contribution is 0.0599. The number of hydrogen-bond acceptors (Lipinski definition) is 2. The first-order chi connectivity index (χ1) is 6.07. The fourth-order valence-corrected chi connectivity index (χ4v) is 1.94. The van der Waals surface area contributed by atoms with Crippen molar-refractivity contribution in [2.45, 2.75) is 6.92 Å². The molecule has 0 aromatic heterocycles. The lowest BCUT2D eigenvalue weighted by Crippen LogP contribution is -2.05. The van der Waals surface area contributed by atoms with E-state index in [9.17, 15) is 4.79 Å². The van der Waals surface area contributed by atoms with Crippen molar-refractivity contribution in [2.75, 3.05) is 7.11 Å². The number of hydrogen-bond donors (Lipinski definition) is 0. The fourth-order valence-electron chi connectivity index (χ4n) is 1.000. The number of rotatable bonds is 1. The molecule has 0 aliphatic heterocycles. The minimum Gasteiger partial charge on any atom is -0.465 e. The second kappa shape index (κ2) is 4.24. The van der Waals surface area contributed by atoms with Gasteiger partial charge < -0.3 is 4.74 Å². The molecule has 0 atom stereocenters. The lowest BCUT2D eigenvalue weighted by atomic mass is 10.1. The van der Waals surface area contributed by atoms with E-state index in [1.807, 2.05) is 19.1 Å². The summed E-state index contributed by atoms with van der Waals surface area (Å²) in [6, 6.07) is 3.74. The topological polar surface area (TPSA) is 26.3 Å². The van der Waals surface area contributed by atoms with Crippen molar-refractivity contribution < 1.29 is 9.53 Å². The number of carbonyl (C=O) groups is 1. The zero-order valence-electron chi connectivity index (χ0n) is 7.23. The summed E-state index contributed by atoms with van der Waals surface area (Å²) in [5, 5.41) is 0. The average Bonchev–Trinajstić information content (AvgIpc) is 2.12. The third kappa shape index (κ3) is 2.11. The molecule has 0 unspecified atom stereocenters. The summed E-state index contributed by atoms with van der Waals surface area (Å²) in [7, 11) is 1.37. The van der Waals surface area contributed by atoms with E-state index < -0.39 is 0 Å². The van der Waals surface area contributed by atoms with Crippen molar-refractivity contribution in [2.24, 2.45) is 0 Å². The van der Waals surface area contributed by atoms with Crippen LogP contribution in [0.15, 0.2) is 21.1 Å². The Balaban J connectivity index is 3.33. The molecule has 0 spiro atoms. The number of methoxy groups -OCH3 is 1. The van der Waals surface area contributed by atoms with Crippen molar-refractivity contribution in [3.63, 3.8) is 0 Å². The van der Waals surface area contributed by atoms with E-state index >= 15 is 0 Å². The number of ether oxygens (including phenoxy) is 1. The van der Waals surface area contributed by atoms with Crippen LogP contribution >= 0.6 is 31.9 Å². The molecule has 4 heteroatoms. The molecular weight excluding hydrogens is 300 g/mol. The van der Waals surface area contributed by atoms with Crippen molar-refractivity contribution in [1.82, 2.24) is 0 Å². The zero-order chi connectivity index (χ0) is 10.0. The largest absolute Gasteiger partial charge is 0.465 e. The van der Waals surface area contributed by atoms with Gasteiger partial charge in [0.15, 0.2) is 0 Å². The van der Waals surface area contributed by atoms with Crippen LogP contribution in [0.5, 0.6) is 0 Å². The molecule has 0 N–H and O–H groups in total. The van der Waals surface area contributed by atoms with E-state index in [-0.39, 0.29) is 5.97 Å². The smallest absolute Gasteiger partial charge is 0.339 e. The van der Waals surface area contributed by atoms with Crippen LogP contribution in [0.4, 0.5) is 0 Å². The van der Waals surface area contributed by atoms with Gasteiger partial charge in [0.1, 0.15) is 0 Å². The van der Waals surface area contributed by atoms with Gasteiger partial charge >= 0.3 is 5.97 Å². The Bertz CT molecular complexity index is 348. The predicted octanol–water partition coefficient (Wildman–Crippen LogP) is 3.31. The monoisotopic (exact) mass is 306 g/mol. The third-order valence-corrected chi connectivity index (χ3v) is 3.71. The maximum absolute atomic E-state index is 11.3. The predicted molar refractivity (Wildman–Crippen MR) is 57.9 cm³/mol. The molecule has 0 fully saturated rings. The highest BCUT2D eigenvalue weighted by molar-refractivity contribution is 9.13. The standard InChI is InChI=1S/C9H8Br2O2/c1-5-3-4-6(10)8(11)7(5)9(12)13-2/h3-4H,1-2H3. The average molecular weight is 308 g/mol. The zero-order valence-corrected chi connectivity index (χ0v) is 10.4. The Morgan fingerprint density at radius 2 is 2.00 bits per heavy atom. The van der Waals surface area contributed by atoms with Gasteiger partial charge in [-0.25, -0.2) is 4.79 Å². The van der Waals surface area contributed by atoms with E-state index in [1.165, 1.54) is 7.11 Å². The minimum atomic E-state index is -0.328. The summed E-state index contributed by atoms with van der Waals surface area (Å²) >= 11 is 6.65. The molecule has 1 aromatic carbocycles. The van der Waals surface area contributed by atoms with Crippen LogP contribution < -0.4 is 0 Å². The van der Waals surface area contributed by atoms with E-state index in [4.69, 9.17) is 0 Å². The molecular formula is C9H8Br2O2. The van der Waals surface area contributed by atoms with Gasteiger partial charge in [-0.05, 0) is 50.4 Å². The first-order valence-corrected chi connectivity index (χ1v) is 5.19. The highest BCUT2D eigenvalue weighted by Crippen LogP contribution is 2.29. The molecule has 1 aromatic rings. The Kier molecular flexibility index (Phi) is 3.50. The van der Waals surface area contributed by atoms with Crippen molar-refractivity contribution in [3.8, 4) is 0 Å².